The number of nitrogens with zero attached hydrogens (tertiary/aromatic N) is 1. The van der Waals surface area contributed by atoms with Crippen molar-refractivity contribution in [1.29, 1.82) is 0 Å². The summed E-state index contributed by atoms with van der Waals surface area (Å²) in [4.78, 5) is 24.6. The summed E-state index contributed by atoms with van der Waals surface area (Å²) in [6, 6.07) is 4.58. The molecule has 1 aromatic rings. The lowest BCUT2D eigenvalue weighted by molar-refractivity contribution is -0.148. The molecular formula is C16H18FNO5S. The summed E-state index contributed by atoms with van der Waals surface area (Å²) in [5.41, 5.74) is 0.916. The zero-order valence-electron chi connectivity index (χ0n) is 13.2. The Balaban J connectivity index is 1.75. The van der Waals surface area contributed by atoms with E-state index in [2.05, 4.69) is 4.74 Å². The van der Waals surface area contributed by atoms with Crippen LogP contribution in [-0.4, -0.2) is 47.9 Å². The Kier molecular flexibility index (Phi) is 4.96. The number of anilines is 1. The highest BCUT2D eigenvalue weighted by molar-refractivity contribution is 7.91. The molecular weight excluding hydrogens is 337 g/mol. The molecule has 3 rings (SSSR count). The zero-order chi connectivity index (χ0) is 17.3. The van der Waals surface area contributed by atoms with Crippen molar-refractivity contribution in [1.82, 2.24) is 0 Å². The molecule has 2 fully saturated rings. The third-order valence-corrected chi connectivity index (χ3v) is 5.78. The van der Waals surface area contributed by atoms with E-state index in [1.807, 2.05) is 0 Å². The summed E-state index contributed by atoms with van der Waals surface area (Å²) in [7, 11) is 1.21. The quantitative estimate of drug-likeness (QED) is 0.612. The second-order valence-electron chi connectivity index (χ2n) is 5.83. The molecule has 1 amide bonds. The standard InChI is InChI=1S/C16H18FNO5S/c1-22-15(19)14-9-18(16(20)23-14)11-2-3-12(13(17)8-11)10-4-6-24(21)7-5-10/h2-3,8,10,14H,4-7,9H2,1H3/t10-,14-,24+/m1/s1. The first-order chi connectivity index (χ1) is 11.5. The lowest BCUT2D eigenvalue weighted by atomic mass is 9.93. The number of halogens is 1. The SMILES string of the molecule is COC(=O)[C@H]1CN(c2ccc([C@H]3CC[S@@+]([O-])CC3)c(F)c2)C(=O)O1. The van der Waals surface area contributed by atoms with Crippen LogP contribution in [0.2, 0.25) is 0 Å². The molecule has 6 nitrogen and oxygen atoms in total. The van der Waals surface area contributed by atoms with E-state index in [-0.39, 0.29) is 12.5 Å². The lowest BCUT2D eigenvalue weighted by Crippen LogP contribution is -2.28. The second kappa shape index (κ2) is 6.98. The van der Waals surface area contributed by atoms with Gasteiger partial charge in [-0.2, -0.15) is 0 Å². The van der Waals surface area contributed by atoms with E-state index in [9.17, 15) is 18.5 Å². The van der Waals surface area contributed by atoms with Crippen molar-refractivity contribution < 1.29 is 28.0 Å². The Morgan fingerprint density at radius 2 is 2.12 bits per heavy atom. The average Bonchev–Trinajstić information content (AvgIpc) is 2.97. The van der Waals surface area contributed by atoms with Crippen molar-refractivity contribution in [3.8, 4) is 0 Å². The van der Waals surface area contributed by atoms with Crippen LogP contribution in [0.5, 0.6) is 0 Å². The summed E-state index contributed by atoms with van der Waals surface area (Å²) in [5.74, 6) is 0.179. The fraction of sp³-hybridized carbons (Fsp3) is 0.500. The van der Waals surface area contributed by atoms with E-state index in [1.165, 1.54) is 18.1 Å². The van der Waals surface area contributed by atoms with E-state index < -0.39 is 35.2 Å². The Morgan fingerprint density at radius 3 is 2.75 bits per heavy atom. The molecule has 0 radical (unpaired) electrons. The maximum atomic E-state index is 14.5. The van der Waals surface area contributed by atoms with E-state index in [1.54, 1.807) is 12.1 Å². The molecule has 0 bridgehead atoms. The first-order valence-electron chi connectivity index (χ1n) is 7.70. The Labute approximate surface area is 142 Å². The highest BCUT2D eigenvalue weighted by Crippen LogP contribution is 2.33. The van der Waals surface area contributed by atoms with Gasteiger partial charge in [-0.15, -0.1) is 0 Å². The fourth-order valence-electron chi connectivity index (χ4n) is 3.05. The molecule has 1 atom stereocenters. The number of cyclic esters (lactones) is 1. The number of hydrogen-bond donors (Lipinski definition) is 0. The maximum Gasteiger partial charge on any atom is 0.415 e. The fourth-order valence-corrected chi connectivity index (χ4v) is 4.35. The molecule has 8 heteroatoms. The van der Waals surface area contributed by atoms with Gasteiger partial charge in [-0.25, -0.2) is 14.0 Å². The molecule has 1 aromatic carbocycles. The smallest absolute Gasteiger partial charge is 0.415 e. The number of benzene rings is 1. The molecule has 24 heavy (non-hydrogen) atoms. The number of methoxy groups -OCH3 is 1. The molecule has 130 valence electrons. The molecule has 2 saturated heterocycles. The molecule has 0 unspecified atom stereocenters. The van der Waals surface area contributed by atoms with Gasteiger partial charge in [0.05, 0.1) is 19.3 Å². The van der Waals surface area contributed by atoms with Crippen molar-refractivity contribution >= 4 is 28.9 Å². The van der Waals surface area contributed by atoms with Crippen LogP contribution in [0.4, 0.5) is 14.9 Å². The summed E-state index contributed by atoms with van der Waals surface area (Å²) in [6.45, 7) is -0.00724. The van der Waals surface area contributed by atoms with E-state index in [4.69, 9.17) is 4.74 Å². The van der Waals surface area contributed by atoms with Gasteiger partial charge in [-0.3, -0.25) is 4.90 Å². The average molecular weight is 355 g/mol. The number of esters is 1. The minimum Gasteiger partial charge on any atom is -0.616 e. The molecule has 2 heterocycles. The van der Waals surface area contributed by atoms with Crippen molar-refractivity contribution in [3.63, 3.8) is 0 Å². The summed E-state index contributed by atoms with van der Waals surface area (Å²) >= 11 is -0.798. The molecule has 0 aromatic heterocycles. The van der Waals surface area contributed by atoms with Gasteiger partial charge in [0.15, 0.2) is 0 Å². The third kappa shape index (κ3) is 3.34. The monoisotopic (exact) mass is 355 g/mol. The second-order valence-corrected chi connectivity index (χ2v) is 7.53. The van der Waals surface area contributed by atoms with Crippen LogP contribution in [0.15, 0.2) is 18.2 Å². The Morgan fingerprint density at radius 1 is 1.42 bits per heavy atom. The van der Waals surface area contributed by atoms with Crippen LogP contribution >= 0.6 is 0 Å². The lowest BCUT2D eigenvalue weighted by Gasteiger charge is -2.25. The van der Waals surface area contributed by atoms with Crippen LogP contribution < -0.4 is 4.90 Å². The van der Waals surface area contributed by atoms with Gasteiger partial charge in [0.25, 0.3) is 0 Å². The number of rotatable bonds is 3. The number of carbonyl (C=O) groups is 2. The highest BCUT2D eigenvalue weighted by atomic mass is 32.2. The van der Waals surface area contributed by atoms with Gasteiger partial charge in [-0.05, 0) is 36.5 Å². The van der Waals surface area contributed by atoms with Crippen LogP contribution in [0, 0.1) is 5.82 Å². The van der Waals surface area contributed by atoms with Crippen LogP contribution in [0.3, 0.4) is 0 Å². The number of ether oxygens (including phenoxy) is 2. The molecule has 2 aliphatic rings. The topological polar surface area (TPSA) is 78.9 Å². The first-order valence-corrected chi connectivity index (χ1v) is 9.19. The number of carbonyl (C=O) groups excluding carboxylic acids is 2. The van der Waals surface area contributed by atoms with Crippen molar-refractivity contribution in [2.24, 2.45) is 0 Å². The highest BCUT2D eigenvalue weighted by Gasteiger charge is 2.38. The molecule has 0 aliphatic carbocycles. The van der Waals surface area contributed by atoms with Crippen LogP contribution in [0.25, 0.3) is 0 Å². The van der Waals surface area contributed by atoms with Gasteiger partial charge in [0.2, 0.25) is 6.10 Å². The summed E-state index contributed by atoms with van der Waals surface area (Å²) < 4.78 is 35.4. The summed E-state index contributed by atoms with van der Waals surface area (Å²) in [6.07, 6.45) is -0.317. The molecule has 0 N–H and O–H groups in total. The van der Waals surface area contributed by atoms with Gasteiger partial charge >= 0.3 is 12.1 Å². The molecule has 0 spiro atoms. The van der Waals surface area contributed by atoms with Gasteiger partial charge in [-0.1, -0.05) is 17.2 Å². The zero-order valence-corrected chi connectivity index (χ0v) is 14.0. The van der Waals surface area contributed by atoms with E-state index >= 15 is 0 Å². The Hall–Kier alpha value is -1.80. The molecule has 0 saturated carbocycles. The Bertz CT molecular complexity index is 647. The van der Waals surface area contributed by atoms with E-state index in [0.717, 1.165) is 0 Å². The van der Waals surface area contributed by atoms with Gasteiger partial charge in [0.1, 0.15) is 17.3 Å². The minimum atomic E-state index is -1.00. The predicted octanol–water partition coefficient (Wildman–Crippen LogP) is 1.95. The maximum absolute atomic E-state index is 14.5. The molecule has 2 aliphatic heterocycles. The van der Waals surface area contributed by atoms with Crippen molar-refractivity contribution in [2.45, 2.75) is 24.9 Å². The van der Waals surface area contributed by atoms with E-state index in [0.29, 0.717) is 35.6 Å². The normalized spacial score (nSPS) is 27.0. The van der Waals surface area contributed by atoms with Crippen LogP contribution in [0.1, 0.15) is 24.3 Å². The first kappa shape index (κ1) is 17.0. The summed E-state index contributed by atoms with van der Waals surface area (Å²) in [5, 5.41) is 0. The van der Waals surface area contributed by atoms with Crippen molar-refractivity contribution in [3.05, 3.63) is 29.6 Å². The largest absolute Gasteiger partial charge is 0.616 e. The number of hydrogen-bond acceptors (Lipinski definition) is 5. The number of amides is 1. The van der Waals surface area contributed by atoms with Crippen LogP contribution in [-0.2, 0) is 25.4 Å². The van der Waals surface area contributed by atoms with Crippen molar-refractivity contribution in [2.75, 3.05) is 30.1 Å². The third-order valence-electron chi connectivity index (χ3n) is 4.40. The van der Waals surface area contributed by atoms with Gasteiger partial charge in [0, 0.05) is 0 Å². The van der Waals surface area contributed by atoms with Gasteiger partial charge < -0.3 is 14.0 Å². The minimum absolute atomic E-state index is 0.00724. The predicted molar refractivity (Wildman–Crippen MR) is 85.9 cm³/mol.